The summed E-state index contributed by atoms with van der Waals surface area (Å²) in [5.74, 6) is 0. The van der Waals surface area contributed by atoms with E-state index in [4.69, 9.17) is 23.2 Å². The van der Waals surface area contributed by atoms with Gasteiger partial charge in [-0.25, -0.2) is 0 Å². The van der Waals surface area contributed by atoms with Crippen LogP contribution in [0.25, 0.3) is 0 Å². The largest absolute Gasteiger partial charge is 0.380 e. The number of anilines is 1. The third-order valence-electron chi connectivity index (χ3n) is 2.36. The number of nitrogens with one attached hydrogen (secondary N) is 1. The zero-order chi connectivity index (χ0) is 13.1. The summed E-state index contributed by atoms with van der Waals surface area (Å²) in [5, 5.41) is 8.65. The highest BCUT2D eigenvalue weighted by molar-refractivity contribution is 6.35. The molecule has 2 heterocycles. The Kier molecular flexibility index (Phi) is 4.09. The third kappa shape index (κ3) is 3.15. The molecular weight excluding hydrogens is 271 g/mol. The van der Waals surface area contributed by atoms with Gasteiger partial charge in [0.1, 0.15) is 0 Å². The maximum Gasteiger partial charge on any atom is 0.0728 e. The number of halogens is 2. The fourth-order valence-corrected chi connectivity index (χ4v) is 2.09. The SMILES string of the molecule is CC(C)Nc1cnn(Cc2c(Cl)cncc2Cl)c1. The van der Waals surface area contributed by atoms with Gasteiger partial charge in [0.15, 0.2) is 0 Å². The van der Waals surface area contributed by atoms with Crippen molar-refractivity contribution in [2.75, 3.05) is 5.32 Å². The Morgan fingerprint density at radius 3 is 2.50 bits per heavy atom. The van der Waals surface area contributed by atoms with Crippen LogP contribution in [0, 0.1) is 0 Å². The highest BCUT2D eigenvalue weighted by Crippen LogP contribution is 2.23. The molecular formula is C12H14Cl2N4. The summed E-state index contributed by atoms with van der Waals surface area (Å²) < 4.78 is 1.79. The molecule has 0 unspecified atom stereocenters. The Labute approximate surface area is 116 Å². The lowest BCUT2D eigenvalue weighted by molar-refractivity contribution is 0.686. The fraction of sp³-hybridized carbons (Fsp3) is 0.333. The quantitative estimate of drug-likeness (QED) is 0.935. The van der Waals surface area contributed by atoms with Gasteiger partial charge in [-0.05, 0) is 13.8 Å². The minimum atomic E-state index is 0.371. The first kappa shape index (κ1) is 13.2. The first-order valence-electron chi connectivity index (χ1n) is 5.63. The average molecular weight is 285 g/mol. The molecule has 0 aromatic carbocycles. The van der Waals surface area contributed by atoms with Gasteiger partial charge in [-0.2, -0.15) is 5.10 Å². The monoisotopic (exact) mass is 284 g/mol. The second kappa shape index (κ2) is 5.59. The molecule has 0 aliphatic heterocycles. The van der Waals surface area contributed by atoms with Crippen molar-refractivity contribution in [3.63, 3.8) is 0 Å². The average Bonchev–Trinajstić information content (AvgIpc) is 2.70. The Morgan fingerprint density at radius 2 is 1.89 bits per heavy atom. The minimum Gasteiger partial charge on any atom is -0.380 e. The van der Waals surface area contributed by atoms with Gasteiger partial charge in [0.25, 0.3) is 0 Å². The summed E-state index contributed by atoms with van der Waals surface area (Å²) in [7, 11) is 0. The summed E-state index contributed by atoms with van der Waals surface area (Å²) in [6.07, 6.45) is 6.87. The highest BCUT2D eigenvalue weighted by Gasteiger charge is 2.08. The van der Waals surface area contributed by atoms with Crippen molar-refractivity contribution in [3.8, 4) is 0 Å². The van der Waals surface area contributed by atoms with Crippen molar-refractivity contribution in [3.05, 3.63) is 40.4 Å². The molecule has 0 amide bonds. The standard InChI is InChI=1S/C12H14Cl2N4/c1-8(2)17-9-3-16-18(6-9)7-10-11(13)4-15-5-12(10)14/h3-6,8,17H,7H2,1-2H3. The van der Waals surface area contributed by atoms with Gasteiger partial charge in [0.05, 0.1) is 28.5 Å². The summed E-state index contributed by atoms with van der Waals surface area (Å²) >= 11 is 12.1. The molecule has 4 nitrogen and oxygen atoms in total. The van der Waals surface area contributed by atoms with Crippen LogP contribution in [0.1, 0.15) is 19.4 Å². The third-order valence-corrected chi connectivity index (χ3v) is 3.01. The molecule has 96 valence electrons. The molecule has 2 aromatic rings. The molecule has 0 spiro atoms. The molecule has 0 bridgehead atoms. The van der Waals surface area contributed by atoms with Gasteiger partial charge in [-0.3, -0.25) is 9.67 Å². The molecule has 0 aliphatic rings. The second-order valence-electron chi connectivity index (χ2n) is 4.31. The first-order valence-corrected chi connectivity index (χ1v) is 6.38. The Bertz CT molecular complexity index is 516. The van der Waals surface area contributed by atoms with Crippen molar-refractivity contribution in [2.45, 2.75) is 26.4 Å². The van der Waals surface area contributed by atoms with Crippen molar-refractivity contribution < 1.29 is 0 Å². The van der Waals surface area contributed by atoms with Gasteiger partial charge in [-0.15, -0.1) is 0 Å². The smallest absolute Gasteiger partial charge is 0.0728 e. The molecule has 0 saturated heterocycles. The maximum absolute atomic E-state index is 6.07. The zero-order valence-electron chi connectivity index (χ0n) is 10.2. The topological polar surface area (TPSA) is 42.7 Å². The van der Waals surface area contributed by atoms with Crippen LogP contribution < -0.4 is 5.32 Å². The second-order valence-corrected chi connectivity index (χ2v) is 5.12. The number of hydrogen-bond acceptors (Lipinski definition) is 3. The van der Waals surface area contributed by atoms with Gasteiger partial charge >= 0.3 is 0 Å². The van der Waals surface area contributed by atoms with Gasteiger partial charge in [-0.1, -0.05) is 23.2 Å². The van der Waals surface area contributed by atoms with Crippen LogP contribution in [0.2, 0.25) is 10.0 Å². The van der Waals surface area contributed by atoms with Gasteiger partial charge < -0.3 is 5.32 Å². The first-order chi connectivity index (χ1) is 8.56. The van der Waals surface area contributed by atoms with E-state index in [0.717, 1.165) is 11.3 Å². The van der Waals surface area contributed by atoms with Crippen molar-refractivity contribution in [2.24, 2.45) is 0 Å². The van der Waals surface area contributed by atoms with E-state index in [1.807, 2.05) is 6.20 Å². The molecule has 0 fully saturated rings. The number of pyridine rings is 1. The maximum atomic E-state index is 6.07. The molecule has 0 aliphatic carbocycles. The summed E-state index contributed by atoms with van der Waals surface area (Å²) in [6, 6.07) is 0.371. The zero-order valence-corrected chi connectivity index (χ0v) is 11.7. The van der Waals surface area contributed by atoms with E-state index >= 15 is 0 Å². The molecule has 18 heavy (non-hydrogen) atoms. The van der Waals surface area contributed by atoms with E-state index in [-0.39, 0.29) is 0 Å². The Morgan fingerprint density at radius 1 is 1.22 bits per heavy atom. The highest BCUT2D eigenvalue weighted by atomic mass is 35.5. The number of rotatable bonds is 4. The molecule has 0 saturated carbocycles. The van der Waals surface area contributed by atoms with Crippen LogP contribution in [0.3, 0.4) is 0 Å². The normalized spacial score (nSPS) is 10.9. The van der Waals surface area contributed by atoms with Crippen molar-refractivity contribution in [1.82, 2.24) is 14.8 Å². The van der Waals surface area contributed by atoms with Crippen LogP contribution in [-0.2, 0) is 6.54 Å². The van der Waals surface area contributed by atoms with E-state index in [1.54, 1.807) is 23.3 Å². The number of nitrogens with zero attached hydrogens (tertiary/aromatic N) is 3. The lowest BCUT2D eigenvalue weighted by Gasteiger charge is -2.07. The van der Waals surface area contributed by atoms with E-state index in [0.29, 0.717) is 22.6 Å². The number of hydrogen-bond donors (Lipinski definition) is 1. The van der Waals surface area contributed by atoms with Crippen LogP contribution in [0.4, 0.5) is 5.69 Å². The van der Waals surface area contributed by atoms with Gasteiger partial charge in [0.2, 0.25) is 0 Å². The van der Waals surface area contributed by atoms with Crippen LogP contribution in [0.15, 0.2) is 24.8 Å². The predicted molar refractivity (Wildman–Crippen MR) is 74.3 cm³/mol. The molecule has 1 N–H and O–H groups in total. The number of aromatic nitrogens is 3. The Hall–Kier alpha value is -1.26. The molecule has 2 aromatic heterocycles. The van der Waals surface area contributed by atoms with E-state index in [2.05, 4.69) is 29.2 Å². The molecule has 2 rings (SSSR count). The fourth-order valence-electron chi connectivity index (χ4n) is 1.61. The minimum absolute atomic E-state index is 0.371. The lowest BCUT2D eigenvalue weighted by atomic mass is 10.2. The van der Waals surface area contributed by atoms with E-state index in [9.17, 15) is 0 Å². The lowest BCUT2D eigenvalue weighted by Crippen LogP contribution is -2.08. The molecule has 0 atom stereocenters. The summed E-state index contributed by atoms with van der Waals surface area (Å²) in [6.45, 7) is 4.68. The molecule has 0 radical (unpaired) electrons. The summed E-state index contributed by atoms with van der Waals surface area (Å²) in [4.78, 5) is 3.92. The van der Waals surface area contributed by atoms with Crippen LogP contribution >= 0.6 is 23.2 Å². The predicted octanol–water partition coefficient (Wildman–Crippen LogP) is 3.45. The molecule has 6 heteroatoms. The van der Waals surface area contributed by atoms with Crippen LogP contribution in [0.5, 0.6) is 0 Å². The van der Waals surface area contributed by atoms with E-state index < -0.39 is 0 Å². The van der Waals surface area contributed by atoms with Crippen LogP contribution in [-0.4, -0.2) is 20.8 Å². The summed E-state index contributed by atoms with van der Waals surface area (Å²) in [5.41, 5.74) is 1.80. The van der Waals surface area contributed by atoms with Crippen molar-refractivity contribution in [1.29, 1.82) is 0 Å². The Balaban J connectivity index is 2.16. The van der Waals surface area contributed by atoms with Crippen molar-refractivity contribution >= 4 is 28.9 Å². The van der Waals surface area contributed by atoms with Gasteiger partial charge in [0, 0.05) is 30.2 Å². The van der Waals surface area contributed by atoms with E-state index in [1.165, 1.54) is 0 Å².